The first-order chi connectivity index (χ1) is 12.2. The van der Waals surface area contributed by atoms with Crippen molar-refractivity contribution >= 4 is 15.9 Å². The normalized spacial score (nSPS) is 31.7. The van der Waals surface area contributed by atoms with E-state index in [4.69, 9.17) is 4.74 Å². The molecule has 1 aromatic carbocycles. The fourth-order valence-electron chi connectivity index (χ4n) is 4.49. The molecule has 0 radical (unpaired) electrons. The summed E-state index contributed by atoms with van der Waals surface area (Å²) in [5.74, 6) is -0.392. The molecule has 3 aliphatic heterocycles. The van der Waals surface area contributed by atoms with Crippen LogP contribution in [0, 0.1) is 18.7 Å². The molecular formula is C18H23FN2O4S. The van der Waals surface area contributed by atoms with Crippen LogP contribution < -0.4 is 0 Å². The lowest BCUT2D eigenvalue weighted by Gasteiger charge is -2.34. The number of nitrogens with zero attached hydrogens (tertiary/aromatic N) is 2. The van der Waals surface area contributed by atoms with Gasteiger partial charge in [0.2, 0.25) is 15.9 Å². The number of ether oxygens (including phenoxy) is 1. The van der Waals surface area contributed by atoms with E-state index in [-0.39, 0.29) is 35.7 Å². The summed E-state index contributed by atoms with van der Waals surface area (Å²) in [6, 6.07) is 3.33. The molecule has 3 atom stereocenters. The molecule has 26 heavy (non-hydrogen) atoms. The van der Waals surface area contributed by atoms with E-state index in [1.165, 1.54) is 16.4 Å². The number of sulfonamides is 1. The molecule has 3 heterocycles. The molecule has 3 fully saturated rings. The second-order valence-corrected chi connectivity index (χ2v) is 9.62. The van der Waals surface area contributed by atoms with Crippen molar-refractivity contribution in [1.82, 2.24) is 9.21 Å². The van der Waals surface area contributed by atoms with Crippen molar-refractivity contribution in [1.29, 1.82) is 0 Å². The smallest absolute Gasteiger partial charge is 0.243 e. The van der Waals surface area contributed by atoms with E-state index >= 15 is 0 Å². The number of rotatable bonds is 3. The highest BCUT2D eigenvalue weighted by molar-refractivity contribution is 7.89. The lowest BCUT2D eigenvalue weighted by atomic mass is 10.0. The molecule has 1 aromatic rings. The van der Waals surface area contributed by atoms with Gasteiger partial charge in [0.1, 0.15) is 5.82 Å². The van der Waals surface area contributed by atoms with Crippen molar-refractivity contribution in [3.63, 3.8) is 0 Å². The van der Waals surface area contributed by atoms with Crippen LogP contribution in [0.25, 0.3) is 0 Å². The van der Waals surface area contributed by atoms with Gasteiger partial charge >= 0.3 is 0 Å². The highest BCUT2D eigenvalue weighted by atomic mass is 32.2. The van der Waals surface area contributed by atoms with Crippen LogP contribution in [0.15, 0.2) is 23.1 Å². The number of carbonyl (C=O) groups excluding carboxylic acids is 1. The van der Waals surface area contributed by atoms with Crippen LogP contribution >= 0.6 is 0 Å². The van der Waals surface area contributed by atoms with E-state index in [2.05, 4.69) is 0 Å². The SMILES string of the molecule is Cc1ccc(S(=O)(=O)N2CC[C@@]34OC[C@@H](C(C)C)N3C(=O)C[C@@H]24)cc1F. The minimum Gasteiger partial charge on any atom is -0.352 e. The van der Waals surface area contributed by atoms with Gasteiger partial charge in [0, 0.05) is 19.4 Å². The van der Waals surface area contributed by atoms with Gasteiger partial charge in [-0.3, -0.25) is 4.79 Å². The Bertz CT molecular complexity index is 872. The van der Waals surface area contributed by atoms with Crippen LogP contribution in [0.1, 0.15) is 32.3 Å². The van der Waals surface area contributed by atoms with Gasteiger partial charge in [0.15, 0.2) is 5.72 Å². The number of hydrogen-bond donors (Lipinski definition) is 0. The first-order valence-corrected chi connectivity index (χ1v) is 10.4. The fourth-order valence-corrected chi connectivity index (χ4v) is 6.16. The second-order valence-electron chi connectivity index (χ2n) is 7.73. The predicted molar refractivity (Wildman–Crippen MR) is 92.2 cm³/mol. The van der Waals surface area contributed by atoms with E-state index in [1.54, 1.807) is 11.8 Å². The first-order valence-electron chi connectivity index (χ1n) is 8.92. The Morgan fingerprint density at radius 3 is 2.73 bits per heavy atom. The Hall–Kier alpha value is -1.51. The van der Waals surface area contributed by atoms with Crippen molar-refractivity contribution in [2.75, 3.05) is 13.2 Å². The van der Waals surface area contributed by atoms with E-state index in [0.29, 0.717) is 18.6 Å². The number of aryl methyl sites for hydroxylation is 1. The summed E-state index contributed by atoms with van der Waals surface area (Å²) < 4.78 is 47.5. The van der Waals surface area contributed by atoms with Gasteiger partial charge < -0.3 is 9.64 Å². The lowest BCUT2D eigenvalue weighted by Crippen LogP contribution is -2.51. The van der Waals surface area contributed by atoms with Crippen LogP contribution in [0.5, 0.6) is 0 Å². The van der Waals surface area contributed by atoms with Gasteiger partial charge in [-0.15, -0.1) is 0 Å². The predicted octanol–water partition coefficient (Wildman–Crippen LogP) is 1.88. The zero-order valence-electron chi connectivity index (χ0n) is 15.1. The van der Waals surface area contributed by atoms with Crippen molar-refractivity contribution in [2.24, 2.45) is 5.92 Å². The molecule has 6 nitrogen and oxygen atoms in total. The number of benzene rings is 1. The maximum atomic E-state index is 13.9. The zero-order valence-corrected chi connectivity index (χ0v) is 15.9. The summed E-state index contributed by atoms with van der Waals surface area (Å²) >= 11 is 0. The Kier molecular flexibility index (Phi) is 3.95. The number of halogens is 1. The molecule has 142 valence electrons. The van der Waals surface area contributed by atoms with E-state index in [0.717, 1.165) is 6.07 Å². The number of carbonyl (C=O) groups is 1. The Balaban J connectivity index is 1.71. The summed E-state index contributed by atoms with van der Waals surface area (Å²) in [6.45, 7) is 6.34. The van der Waals surface area contributed by atoms with Crippen LogP contribution in [0.4, 0.5) is 4.39 Å². The largest absolute Gasteiger partial charge is 0.352 e. The summed E-state index contributed by atoms with van der Waals surface area (Å²) in [4.78, 5) is 14.3. The van der Waals surface area contributed by atoms with Gasteiger partial charge in [0.25, 0.3) is 0 Å². The summed E-state index contributed by atoms with van der Waals surface area (Å²) in [6.07, 6.45) is 0.553. The molecule has 0 bridgehead atoms. The number of hydrogen-bond acceptors (Lipinski definition) is 4. The summed E-state index contributed by atoms with van der Waals surface area (Å²) in [7, 11) is -3.90. The summed E-state index contributed by atoms with van der Waals surface area (Å²) in [5.41, 5.74) is -0.481. The average Bonchev–Trinajstić information content (AvgIpc) is 3.19. The second kappa shape index (κ2) is 5.74. The summed E-state index contributed by atoms with van der Waals surface area (Å²) in [5, 5.41) is 0. The third-order valence-electron chi connectivity index (χ3n) is 5.96. The standard InChI is InChI=1S/C18H23FN2O4S/c1-11(2)15-10-25-18-6-7-20(16(18)9-17(22)21(15)18)26(23,24)13-5-4-12(3)14(19)8-13/h4-5,8,11,15-16H,6-7,9-10H2,1-3H3/t15-,16+,18-/m0/s1. The molecule has 8 heteroatoms. The van der Waals surface area contributed by atoms with Crippen molar-refractivity contribution < 1.29 is 22.3 Å². The van der Waals surface area contributed by atoms with Crippen LogP contribution in [0.2, 0.25) is 0 Å². The van der Waals surface area contributed by atoms with E-state index < -0.39 is 27.6 Å². The van der Waals surface area contributed by atoms with Crippen molar-refractivity contribution in [2.45, 2.75) is 56.3 Å². The first kappa shape index (κ1) is 17.9. The average molecular weight is 382 g/mol. The van der Waals surface area contributed by atoms with Crippen LogP contribution in [-0.4, -0.2) is 54.5 Å². The fraction of sp³-hybridized carbons (Fsp3) is 0.611. The van der Waals surface area contributed by atoms with Crippen molar-refractivity contribution in [3.05, 3.63) is 29.6 Å². The molecule has 3 saturated heterocycles. The third kappa shape index (κ3) is 2.28. The van der Waals surface area contributed by atoms with Crippen LogP contribution in [0.3, 0.4) is 0 Å². The zero-order chi connectivity index (χ0) is 18.9. The van der Waals surface area contributed by atoms with Crippen molar-refractivity contribution in [3.8, 4) is 0 Å². The molecule has 1 spiro atoms. The van der Waals surface area contributed by atoms with Gasteiger partial charge in [-0.05, 0) is 30.5 Å². The van der Waals surface area contributed by atoms with Gasteiger partial charge in [-0.25, -0.2) is 12.8 Å². The van der Waals surface area contributed by atoms with E-state index in [9.17, 15) is 17.6 Å². The molecular weight excluding hydrogens is 359 g/mol. The Morgan fingerprint density at radius 1 is 1.35 bits per heavy atom. The maximum Gasteiger partial charge on any atom is 0.243 e. The lowest BCUT2D eigenvalue weighted by molar-refractivity contribution is -0.139. The Labute approximate surface area is 153 Å². The monoisotopic (exact) mass is 382 g/mol. The number of amides is 1. The molecule has 0 aromatic heterocycles. The molecule has 0 aliphatic carbocycles. The van der Waals surface area contributed by atoms with Gasteiger partial charge in [-0.2, -0.15) is 4.31 Å². The topological polar surface area (TPSA) is 66.9 Å². The third-order valence-corrected chi connectivity index (χ3v) is 7.86. The maximum absolute atomic E-state index is 13.9. The van der Waals surface area contributed by atoms with Gasteiger partial charge in [-0.1, -0.05) is 19.9 Å². The van der Waals surface area contributed by atoms with Gasteiger partial charge in [0.05, 0.1) is 23.6 Å². The minimum absolute atomic E-state index is 0.0352. The minimum atomic E-state index is -3.90. The molecule has 0 unspecified atom stereocenters. The highest BCUT2D eigenvalue weighted by Crippen LogP contribution is 2.50. The van der Waals surface area contributed by atoms with E-state index in [1.807, 2.05) is 13.8 Å². The molecule has 1 amide bonds. The highest BCUT2D eigenvalue weighted by Gasteiger charge is 2.66. The quantitative estimate of drug-likeness (QED) is 0.801. The molecule has 3 aliphatic rings. The van der Waals surface area contributed by atoms with Crippen LogP contribution in [-0.2, 0) is 19.6 Å². The molecule has 4 rings (SSSR count). The molecule has 0 N–H and O–H groups in total. The molecule has 0 saturated carbocycles. The Morgan fingerprint density at radius 2 is 2.08 bits per heavy atom.